The highest BCUT2D eigenvalue weighted by molar-refractivity contribution is 5.95. The first-order valence-corrected chi connectivity index (χ1v) is 9.55. The van der Waals surface area contributed by atoms with Gasteiger partial charge in [0.25, 0.3) is 5.91 Å². The molecule has 1 saturated heterocycles. The van der Waals surface area contributed by atoms with Crippen LogP contribution in [0.2, 0.25) is 0 Å². The van der Waals surface area contributed by atoms with E-state index in [-0.39, 0.29) is 24.2 Å². The highest BCUT2D eigenvalue weighted by Gasteiger charge is 2.52. The van der Waals surface area contributed by atoms with Crippen LogP contribution in [0.4, 0.5) is 0 Å². The Kier molecular flexibility index (Phi) is 7.80. The summed E-state index contributed by atoms with van der Waals surface area (Å²) in [4.78, 5) is 36.5. The summed E-state index contributed by atoms with van der Waals surface area (Å²) in [6.45, 7) is 6.10. The lowest BCUT2D eigenvalue weighted by atomic mass is 9.98. The minimum Gasteiger partial charge on any atom is -0.508 e. The molecule has 3 N–H and O–H groups in total. The summed E-state index contributed by atoms with van der Waals surface area (Å²) in [6, 6.07) is 6.04. The average molecular weight is 392 g/mol. The number of nitrogens with one attached hydrogen (secondary N) is 2. The molecule has 0 radical (unpaired) electrons. The van der Waals surface area contributed by atoms with Crippen LogP contribution in [-0.4, -0.2) is 54.3 Å². The van der Waals surface area contributed by atoms with Crippen molar-refractivity contribution in [2.75, 3.05) is 13.2 Å². The van der Waals surface area contributed by atoms with Crippen LogP contribution >= 0.6 is 0 Å². The third-order valence-electron chi connectivity index (χ3n) is 4.71. The van der Waals surface area contributed by atoms with E-state index in [0.29, 0.717) is 19.4 Å². The molecular weight excluding hydrogens is 364 g/mol. The molecule has 1 heterocycles. The Morgan fingerprint density at radius 2 is 1.86 bits per heavy atom. The molecule has 0 aromatic heterocycles. The molecule has 154 valence electrons. The molecular formula is C20H28N2O6. The standard InChI is InChI=1S/C20H28N2O6/c1-4-12(3)15(22-19(25)16-17(28-16)20(26)27-5-2)18(24)21-11-10-13-6-8-14(23)9-7-13/h6-9,12,15-17,23H,4-5,10-11H2,1-3H3,(H,21,24)(H,22,25)/t12-,15-,16-,17-/m0/s1. The summed E-state index contributed by atoms with van der Waals surface area (Å²) in [6.07, 6.45) is -0.502. The topological polar surface area (TPSA) is 117 Å². The maximum absolute atomic E-state index is 12.6. The minimum atomic E-state index is -0.907. The molecule has 8 heteroatoms. The minimum absolute atomic E-state index is 0.0857. The van der Waals surface area contributed by atoms with Gasteiger partial charge in [-0.15, -0.1) is 0 Å². The van der Waals surface area contributed by atoms with Crippen molar-refractivity contribution in [1.82, 2.24) is 10.6 Å². The van der Waals surface area contributed by atoms with Crippen LogP contribution in [0, 0.1) is 5.92 Å². The second kappa shape index (κ2) is 10.1. The SMILES string of the molecule is CCOC(=O)[C@H]1O[C@@H]1C(=O)N[C@H](C(=O)NCCc1ccc(O)cc1)[C@@H](C)CC. The number of hydrogen-bond donors (Lipinski definition) is 3. The number of carbonyl (C=O) groups excluding carboxylic acids is 3. The number of amides is 2. The summed E-state index contributed by atoms with van der Waals surface area (Å²) in [5, 5.41) is 14.8. The van der Waals surface area contributed by atoms with E-state index in [1.165, 1.54) is 0 Å². The first-order valence-electron chi connectivity index (χ1n) is 9.55. The molecule has 0 spiro atoms. The Labute approximate surface area is 164 Å². The van der Waals surface area contributed by atoms with Gasteiger partial charge >= 0.3 is 5.97 Å². The number of carbonyl (C=O) groups is 3. The van der Waals surface area contributed by atoms with Gasteiger partial charge < -0.3 is 25.2 Å². The second-order valence-electron chi connectivity index (χ2n) is 6.81. The molecule has 4 atom stereocenters. The number of phenolic OH excluding ortho intramolecular Hbond substituents is 1. The van der Waals surface area contributed by atoms with Crippen molar-refractivity contribution in [3.63, 3.8) is 0 Å². The van der Waals surface area contributed by atoms with E-state index in [1.54, 1.807) is 31.2 Å². The highest BCUT2D eigenvalue weighted by atomic mass is 16.6. The van der Waals surface area contributed by atoms with E-state index in [2.05, 4.69) is 10.6 Å². The molecule has 2 rings (SSSR count). The first kappa shape index (κ1) is 21.7. The molecule has 1 aliphatic rings. The number of aromatic hydroxyl groups is 1. The van der Waals surface area contributed by atoms with Crippen molar-refractivity contribution >= 4 is 17.8 Å². The zero-order valence-corrected chi connectivity index (χ0v) is 16.4. The Morgan fingerprint density at radius 3 is 2.46 bits per heavy atom. The Balaban J connectivity index is 1.86. The summed E-state index contributed by atoms with van der Waals surface area (Å²) in [5.74, 6) is -1.24. The number of rotatable bonds is 10. The van der Waals surface area contributed by atoms with Gasteiger partial charge in [0.05, 0.1) is 6.61 Å². The third kappa shape index (κ3) is 5.95. The zero-order chi connectivity index (χ0) is 20.7. The molecule has 8 nitrogen and oxygen atoms in total. The van der Waals surface area contributed by atoms with Gasteiger partial charge in [0.15, 0.2) is 12.2 Å². The molecule has 0 unspecified atom stereocenters. The lowest BCUT2D eigenvalue weighted by Gasteiger charge is -2.23. The molecule has 1 aliphatic heterocycles. The lowest BCUT2D eigenvalue weighted by Crippen LogP contribution is -2.52. The predicted octanol–water partition coefficient (Wildman–Crippen LogP) is 0.912. The quantitative estimate of drug-likeness (QED) is 0.403. The van der Waals surface area contributed by atoms with Crippen molar-refractivity contribution < 1.29 is 29.0 Å². The van der Waals surface area contributed by atoms with E-state index in [1.807, 2.05) is 13.8 Å². The lowest BCUT2D eigenvalue weighted by molar-refractivity contribution is -0.144. The molecule has 1 aromatic carbocycles. The van der Waals surface area contributed by atoms with E-state index < -0.39 is 30.1 Å². The fraction of sp³-hybridized carbons (Fsp3) is 0.550. The fourth-order valence-electron chi connectivity index (χ4n) is 2.76. The van der Waals surface area contributed by atoms with Crippen molar-refractivity contribution in [3.8, 4) is 5.75 Å². The fourth-order valence-corrected chi connectivity index (χ4v) is 2.76. The number of epoxide rings is 1. The number of benzene rings is 1. The molecule has 1 fully saturated rings. The van der Waals surface area contributed by atoms with Crippen LogP contribution < -0.4 is 10.6 Å². The maximum Gasteiger partial charge on any atom is 0.338 e. The Hall–Kier alpha value is -2.61. The monoisotopic (exact) mass is 392 g/mol. The van der Waals surface area contributed by atoms with Crippen LogP contribution in [0.3, 0.4) is 0 Å². The second-order valence-corrected chi connectivity index (χ2v) is 6.81. The van der Waals surface area contributed by atoms with Gasteiger partial charge in [-0.05, 0) is 37.0 Å². The van der Waals surface area contributed by atoms with Gasteiger partial charge in [-0.25, -0.2) is 4.79 Å². The van der Waals surface area contributed by atoms with E-state index in [4.69, 9.17) is 9.47 Å². The molecule has 28 heavy (non-hydrogen) atoms. The highest BCUT2D eigenvalue weighted by Crippen LogP contribution is 2.24. The average Bonchev–Trinajstić information content (AvgIpc) is 3.48. The Bertz CT molecular complexity index is 690. The van der Waals surface area contributed by atoms with E-state index in [9.17, 15) is 19.5 Å². The molecule has 0 bridgehead atoms. The maximum atomic E-state index is 12.6. The van der Waals surface area contributed by atoms with Crippen LogP contribution in [-0.2, 0) is 30.3 Å². The smallest absolute Gasteiger partial charge is 0.338 e. The normalized spacial score (nSPS) is 20.0. The number of hydrogen-bond acceptors (Lipinski definition) is 6. The van der Waals surface area contributed by atoms with Gasteiger partial charge in [0.2, 0.25) is 5.91 Å². The van der Waals surface area contributed by atoms with Gasteiger partial charge in [0, 0.05) is 6.54 Å². The Morgan fingerprint density at radius 1 is 1.18 bits per heavy atom. The van der Waals surface area contributed by atoms with Crippen LogP contribution in [0.1, 0.15) is 32.8 Å². The van der Waals surface area contributed by atoms with Crippen LogP contribution in [0.5, 0.6) is 5.75 Å². The van der Waals surface area contributed by atoms with E-state index in [0.717, 1.165) is 5.56 Å². The number of esters is 1. The zero-order valence-electron chi connectivity index (χ0n) is 16.4. The summed E-state index contributed by atoms with van der Waals surface area (Å²) < 4.78 is 9.93. The van der Waals surface area contributed by atoms with Crippen molar-refractivity contribution in [3.05, 3.63) is 29.8 Å². The van der Waals surface area contributed by atoms with Gasteiger partial charge in [-0.2, -0.15) is 0 Å². The number of ether oxygens (including phenoxy) is 2. The summed E-state index contributed by atoms with van der Waals surface area (Å²) >= 11 is 0. The number of phenols is 1. The molecule has 1 aromatic rings. The van der Waals surface area contributed by atoms with Gasteiger partial charge in [0.1, 0.15) is 11.8 Å². The van der Waals surface area contributed by atoms with Gasteiger partial charge in [-0.1, -0.05) is 32.4 Å². The summed E-state index contributed by atoms with van der Waals surface area (Å²) in [7, 11) is 0. The van der Waals surface area contributed by atoms with E-state index >= 15 is 0 Å². The first-order chi connectivity index (χ1) is 13.4. The summed E-state index contributed by atoms with van der Waals surface area (Å²) in [5.41, 5.74) is 0.978. The molecule has 0 aliphatic carbocycles. The molecule has 0 saturated carbocycles. The predicted molar refractivity (Wildman–Crippen MR) is 102 cm³/mol. The molecule has 2 amide bonds. The van der Waals surface area contributed by atoms with Crippen molar-refractivity contribution in [1.29, 1.82) is 0 Å². The van der Waals surface area contributed by atoms with Crippen LogP contribution in [0.25, 0.3) is 0 Å². The largest absolute Gasteiger partial charge is 0.508 e. The third-order valence-corrected chi connectivity index (χ3v) is 4.71. The van der Waals surface area contributed by atoms with Crippen molar-refractivity contribution in [2.45, 2.75) is 51.9 Å². The van der Waals surface area contributed by atoms with Crippen molar-refractivity contribution in [2.24, 2.45) is 5.92 Å². The van der Waals surface area contributed by atoms with Gasteiger partial charge in [-0.3, -0.25) is 9.59 Å². The van der Waals surface area contributed by atoms with Crippen LogP contribution in [0.15, 0.2) is 24.3 Å².